The number of rotatable bonds is 10. The Morgan fingerprint density at radius 3 is 2.57 bits per heavy atom. The summed E-state index contributed by atoms with van der Waals surface area (Å²) in [6.45, 7) is 5.69. The molecule has 0 spiro atoms. The topological polar surface area (TPSA) is 103 Å². The van der Waals surface area contributed by atoms with Crippen molar-refractivity contribution in [2.75, 3.05) is 32.2 Å². The first-order chi connectivity index (χ1) is 14.5. The van der Waals surface area contributed by atoms with E-state index < -0.39 is 18.5 Å². The number of esters is 1. The molecule has 0 saturated heterocycles. The molecule has 30 heavy (non-hydrogen) atoms. The van der Waals surface area contributed by atoms with Crippen LogP contribution in [-0.4, -0.2) is 44.7 Å². The molecule has 2 aromatic carbocycles. The van der Waals surface area contributed by atoms with Gasteiger partial charge in [-0.3, -0.25) is 9.59 Å². The van der Waals surface area contributed by atoms with E-state index in [4.69, 9.17) is 14.2 Å². The molecule has 0 aliphatic heterocycles. The van der Waals surface area contributed by atoms with Crippen molar-refractivity contribution in [3.8, 4) is 11.5 Å². The Bertz CT molecular complexity index is 926. The molecule has 0 unspecified atom stereocenters. The fraction of sp³-hybridized carbons (Fsp3) is 0.227. The predicted octanol–water partition coefficient (Wildman–Crippen LogP) is 2.81. The third-order valence-electron chi connectivity index (χ3n) is 3.84. The molecule has 8 heteroatoms. The van der Waals surface area contributed by atoms with Crippen LogP contribution in [0.3, 0.4) is 0 Å². The minimum Gasteiger partial charge on any atom is -0.493 e. The minimum absolute atomic E-state index is 0.212. The van der Waals surface area contributed by atoms with Crippen molar-refractivity contribution >= 4 is 23.5 Å². The molecule has 2 amide bonds. The highest BCUT2D eigenvalue weighted by atomic mass is 16.5. The predicted molar refractivity (Wildman–Crippen MR) is 112 cm³/mol. The largest absolute Gasteiger partial charge is 0.493 e. The lowest BCUT2D eigenvalue weighted by Crippen LogP contribution is -2.23. The highest BCUT2D eigenvalue weighted by molar-refractivity contribution is 5.98. The maximum atomic E-state index is 12.2. The SMILES string of the molecule is C=CCOc1ccc(C(=O)OCC(=O)Nc2cccc(C(=O)NCC)c2)cc1OC. The fourth-order valence-corrected chi connectivity index (χ4v) is 2.47. The summed E-state index contributed by atoms with van der Waals surface area (Å²) in [5.74, 6) is -0.643. The van der Waals surface area contributed by atoms with Crippen LogP contribution in [0.15, 0.2) is 55.1 Å². The lowest BCUT2D eigenvalue weighted by Gasteiger charge is -2.11. The average Bonchev–Trinajstić information content (AvgIpc) is 2.76. The van der Waals surface area contributed by atoms with Crippen molar-refractivity contribution in [2.24, 2.45) is 0 Å². The van der Waals surface area contributed by atoms with Crippen molar-refractivity contribution in [2.45, 2.75) is 6.92 Å². The second-order valence-corrected chi connectivity index (χ2v) is 6.03. The van der Waals surface area contributed by atoms with Gasteiger partial charge in [-0.1, -0.05) is 18.7 Å². The van der Waals surface area contributed by atoms with E-state index in [-0.39, 0.29) is 11.5 Å². The Kier molecular flexibility index (Phi) is 8.43. The zero-order chi connectivity index (χ0) is 21.9. The van der Waals surface area contributed by atoms with Crippen LogP contribution in [0.5, 0.6) is 11.5 Å². The summed E-state index contributed by atoms with van der Waals surface area (Å²) in [6, 6.07) is 11.0. The van der Waals surface area contributed by atoms with Gasteiger partial charge in [0.25, 0.3) is 11.8 Å². The van der Waals surface area contributed by atoms with Gasteiger partial charge in [0, 0.05) is 17.8 Å². The van der Waals surface area contributed by atoms with Crippen LogP contribution in [0.2, 0.25) is 0 Å². The number of nitrogens with one attached hydrogen (secondary N) is 2. The molecule has 2 rings (SSSR count). The molecule has 0 fully saturated rings. The lowest BCUT2D eigenvalue weighted by molar-refractivity contribution is -0.119. The van der Waals surface area contributed by atoms with Gasteiger partial charge in [-0.15, -0.1) is 0 Å². The molecule has 0 atom stereocenters. The first kappa shape index (κ1) is 22.5. The quantitative estimate of drug-likeness (QED) is 0.460. The summed E-state index contributed by atoms with van der Waals surface area (Å²) < 4.78 is 15.7. The number of hydrogen-bond acceptors (Lipinski definition) is 6. The molecule has 0 aliphatic carbocycles. The third-order valence-corrected chi connectivity index (χ3v) is 3.84. The Balaban J connectivity index is 1.94. The molecule has 0 aromatic heterocycles. The fourth-order valence-electron chi connectivity index (χ4n) is 2.47. The van der Waals surface area contributed by atoms with Crippen LogP contribution in [-0.2, 0) is 9.53 Å². The number of benzene rings is 2. The van der Waals surface area contributed by atoms with E-state index in [1.54, 1.807) is 30.3 Å². The van der Waals surface area contributed by atoms with E-state index in [1.165, 1.54) is 25.3 Å². The van der Waals surface area contributed by atoms with Crippen molar-refractivity contribution in [1.29, 1.82) is 0 Å². The van der Waals surface area contributed by atoms with Crippen molar-refractivity contribution in [3.05, 3.63) is 66.2 Å². The van der Waals surface area contributed by atoms with Crippen molar-refractivity contribution in [1.82, 2.24) is 5.32 Å². The summed E-state index contributed by atoms with van der Waals surface area (Å²) in [7, 11) is 1.45. The van der Waals surface area contributed by atoms with Crippen LogP contribution >= 0.6 is 0 Å². The monoisotopic (exact) mass is 412 g/mol. The van der Waals surface area contributed by atoms with Crippen LogP contribution in [0.1, 0.15) is 27.6 Å². The highest BCUT2D eigenvalue weighted by Crippen LogP contribution is 2.28. The smallest absolute Gasteiger partial charge is 0.338 e. The molecular weight excluding hydrogens is 388 g/mol. The summed E-state index contributed by atoms with van der Waals surface area (Å²) >= 11 is 0. The minimum atomic E-state index is -0.685. The normalized spacial score (nSPS) is 9.93. The van der Waals surface area contributed by atoms with Gasteiger partial charge in [0.15, 0.2) is 18.1 Å². The van der Waals surface area contributed by atoms with Gasteiger partial charge >= 0.3 is 5.97 Å². The van der Waals surface area contributed by atoms with Crippen LogP contribution in [0.4, 0.5) is 5.69 Å². The van der Waals surface area contributed by atoms with Crippen LogP contribution < -0.4 is 20.1 Å². The second-order valence-electron chi connectivity index (χ2n) is 6.03. The van der Waals surface area contributed by atoms with Gasteiger partial charge in [-0.2, -0.15) is 0 Å². The number of hydrogen-bond donors (Lipinski definition) is 2. The van der Waals surface area contributed by atoms with Gasteiger partial charge in [0.1, 0.15) is 6.61 Å². The standard InChI is InChI=1S/C22H24N2O6/c1-4-11-29-18-10-9-16(13-19(18)28-3)22(27)30-14-20(25)24-17-8-6-7-15(12-17)21(26)23-5-2/h4,6-10,12-13H,1,5,11,14H2,2-3H3,(H,23,26)(H,24,25). The van der Waals surface area contributed by atoms with Crippen molar-refractivity contribution in [3.63, 3.8) is 0 Å². The van der Waals surface area contributed by atoms with Crippen LogP contribution in [0.25, 0.3) is 0 Å². The maximum Gasteiger partial charge on any atom is 0.338 e. The molecule has 0 heterocycles. The Hall–Kier alpha value is -3.81. The lowest BCUT2D eigenvalue weighted by atomic mass is 10.2. The number of anilines is 1. The van der Waals surface area contributed by atoms with Gasteiger partial charge in [0.2, 0.25) is 0 Å². The molecule has 2 N–H and O–H groups in total. The number of methoxy groups -OCH3 is 1. The zero-order valence-corrected chi connectivity index (χ0v) is 16.9. The summed E-state index contributed by atoms with van der Waals surface area (Å²) in [4.78, 5) is 36.2. The van der Waals surface area contributed by atoms with E-state index >= 15 is 0 Å². The van der Waals surface area contributed by atoms with Gasteiger partial charge < -0.3 is 24.8 Å². The van der Waals surface area contributed by atoms with E-state index in [0.717, 1.165) is 0 Å². The average molecular weight is 412 g/mol. The summed E-state index contributed by atoms with van der Waals surface area (Å²) in [5, 5.41) is 5.27. The molecule has 8 nitrogen and oxygen atoms in total. The zero-order valence-electron chi connectivity index (χ0n) is 16.9. The molecule has 0 bridgehead atoms. The third kappa shape index (κ3) is 6.37. The Morgan fingerprint density at radius 2 is 1.87 bits per heavy atom. The number of carbonyl (C=O) groups excluding carboxylic acids is 3. The molecule has 0 radical (unpaired) electrons. The molecule has 2 aromatic rings. The van der Waals surface area contributed by atoms with Crippen molar-refractivity contribution < 1.29 is 28.6 Å². The van der Waals surface area contributed by atoms with Gasteiger partial charge in [-0.05, 0) is 43.3 Å². The van der Waals surface area contributed by atoms with E-state index in [2.05, 4.69) is 17.2 Å². The molecule has 0 aliphatic rings. The highest BCUT2D eigenvalue weighted by Gasteiger charge is 2.14. The number of amides is 2. The van der Waals surface area contributed by atoms with E-state index in [1.807, 2.05) is 6.92 Å². The Morgan fingerprint density at radius 1 is 1.07 bits per heavy atom. The first-order valence-corrected chi connectivity index (χ1v) is 9.25. The summed E-state index contributed by atoms with van der Waals surface area (Å²) in [6.07, 6.45) is 1.59. The molecule has 158 valence electrons. The second kappa shape index (κ2) is 11.3. The molecular formula is C22H24N2O6. The van der Waals surface area contributed by atoms with Crippen LogP contribution in [0, 0.1) is 0 Å². The van der Waals surface area contributed by atoms with Gasteiger partial charge in [0.05, 0.1) is 12.7 Å². The number of ether oxygens (including phenoxy) is 3. The number of carbonyl (C=O) groups is 3. The van der Waals surface area contributed by atoms with Gasteiger partial charge in [-0.25, -0.2) is 4.79 Å². The maximum absolute atomic E-state index is 12.2. The van der Waals surface area contributed by atoms with E-state index in [9.17, 15) is 14.4 Å². The van der Waals surface area contributed by atoms with E-state index in [0.29, 0.717) is 35.9 Å². The summed E-state index contributed by atoms with van der Waals surface area (Å²) in [5.41, 5.74) is 1.05. The molecule has 0 saturated carbocycles. The Labute approximate surface area is 174 Å². The first-order valence-electron chi connectivity index (χ1n) is 9.25.